The summed E-state index contributed by atoms with van der Waals surface area (Å²) in [6.07, 6.45) is 1.98. The molecule has 0 aliphatic rings. The van der Waals surface area contributed by atoms with Crippen LogP contribution in [0.15, 0.2) is 47.1 Å². The number of carbonyl (C=O) groups is 1. The quantitative estimate of drug-likeness (QED) is 0.880. The Labute approximate surface area is 126 Å². The second-order valence-corrected chi connectivity index (χ2v) is 5.13. The van der Waals surface area contributed by atoms with Gasteiger partial charge in [0.15, 0.2) is 0 Å². The first-order chi connectivity index (χ1) is 9.69. The zero-order valence-corrected chi connectivity index (χ0v) is 12.8. The number of rotatable bonds is 5. The van der Waals surface area contributed by atoms with Crippen LogP contribution in [0.1, 0.15) is 12.5 Å². The molecule has 0 bridgehead atoms. The maximum absolute atomic E-state index is 12.0. The van der Waals surface area contributed by atoms with Crippen LogP contribution in [0.25, 0.3) is 0 Å². The second kappa shape index (κ2) is 7.05. The van der Waals surface area contributed by atoms with Gasteiger partial charge in [0, 0.05) is 11.0 Å². The molecule has 4 nitrogen and oxygen atoms in total. The monoisotopic (exact) mass is 333 g/mol. The number of amides is 1. The molecule has 0 radical (unpaired) electrons. The third-order valence-electron chi connectivity index (χ3n) is 2.71. The van der Waals surface area contributed by atoms with Gasteiger partial charge in [-0.25, -0.2) is 4.98 Å². The maximum atomic E-state index is 12.0. The van der Waals surface area contributed by atoms with Gasteiger partial charge in [0.1, 0.15) is 5.82 Å². The van der Waals surface area contributed by atoms with E-state index in [0.29, 0.717) is 12.1 Å². The molecule has 2 N–H and O–H groups in total. The van der Waals surface area contributed by atoms with E-state index in [1.165, 1.54) is 0 Å². The van der Waals surface area contributed by atoms with Crippen molar-refractivity contribution in [3.63, 3.8) is 0 Å². The molecule has 0 aliphatic heterocycles. The summed E-state index contributed by atoms with van der Waals surface area (Å²) in [5.41, 5.74) is 1.66. The predicted molar refractivity (Wildman–Crippen MR) is 84.9 cm³/mol. The number of carbonyl (C=O) groups excluding carboxylic acids is 1. The molecule has 0 atom stereocenters. The van der Waals surface area contributed by atoms with Crippen LogP contribution in [0.5, 0.6) is 0 Å². The van der Waals surface area contributed by atoms with E-state index in [-0.39, 0.29) is 5.91 Å². The normalized spacial score (nSPS) is 10.1. The third-order valence-corrected chi connectivity index (χ3v) is 3.49. The molecular weight excluding hydrogens is 318 g/mol. The van der Waals surface area contributed by atoms with E-state index in [0.717, 1.165) is 22.4 Å². The minimum absolute atomic E-state index is 0.0603. The third kappa shape index (κ3) is 4.06. The van der Waals surface area contributed by atoms with Gasteiger partial charge in [0.2, 0.25) is 5.91 Å². The molecular formula is C15H16BrN3O. The Morgan fingerprint density at radius 3 is 2.70 bits per heavy atom. The van der Waals surface area contributed by atoms with Gasteiger partial charge in [-0.05, 0) is 30.7 Å². The molecule has 1 aromatic heterocycles. The van der Waals surface area contributed by atoms with E-state index in [2.05, 4.69) is 31.5 Å². The highest BCUT2D eigenvalue weighted by atomic mass is 79.9. The minimum Gasteiger partial charge on any atom is -0.370 e. The predicted octanol–water partition coefficient (Wildman–Crippen LogP) is 3.46. The number of nitrogens with one attached hydrogen (secondary N) is 2. The highest BCUT2D eigenvalue weighted by molar-refractivity contribution is 9.10. The largest absolute Gasteiger partial charge is 0.370 e. The highest BCUT2D eigenvalue weighted by Gasteiger charge is 2.07. The van der Waals surface area contributed by atoms with Crippen molar-refractivity contribution in [2.75, 3.05) is 17.2 Å². The molecule has 20 heavy (non-hydrogen) atoms. The van der Waals surface area contributed by atoms with Crippen LogP contribution in [0.2, 0.25) is 0 Å². The van der Waals surface area contributed by atoms with Crippen molar-refractivity contribution < 1.29 is 4.79 Å². The van der Waals surface area contributed by atoms with E-state index >= 15 is 0 Å². The van der Waals surface area contributed by atoms with Gasteiger partial charge in [0.05, 0.1) is 18.3 Å². The summed E-state index contributed by atoms with van der Waals surface area (Å²) in [7, 11) is 0. The summed E-state index contributed by atoms with van der Waals surface area (Å²) in [5, 5.41) is 5.94. The van der Waals surface area contributed by atoms with Crippen molar-refractivity contribution in [3.05, 3.63) is 52.6 Å². The first-order valence-electron chi connectivity index (χ1n) is 6.42. The Bertz CT molecular complexity index is 584. The lowest BCUT2D eigenvalue weighted by Gasteiger charge is -2.07. The summed E-state index contributed by atoms with van der Waals surface area (Å²) >= 11 is 3.44. The van der Waals surface area contributed by atoms with Crippen molar-refractivity contribution in [2.24, 2.45) is 0 Å². The zero-order chi connectivity index (χ0) is 14.4. The van der Waals surface area contributed by atoms with Crippen molar-refractivity contribution in [1.82, 2.24) is 4.98 Å². The number of anilines is 2. The number of nitrogens with zero attached hydrogens (tertiary/aromatic N) is 1. The summed E-state index contributed by atoms with van der Waals surface area (Å²) in [4.78, 5) is 16.2. The van der Waals surface area contributed by atoms with Gasteiger partial charge < -0.3 is 10.6 Å². The first kappa shape index (κ1) is 14.5. The molecule has 0 unspecified atom stereocenters. The minimum atomic E-state index is -0.0603. The molecule has 2 aromatic rings. The van der Waals surface area contributed by atoms with Crippen molar-refractivity contribution in [2.45, 2.75) is 13.3 Å². The van der Waals surface area contributed by atoms with E-state index in [1.807, 2.05) is 43.3 Å². The molecule has 0 saturated heterocycles. The lowest BCUT2D eigenvalue weighted by molar-refractivity contribution is -0.115. The van der Waals surface area contributed by atoms with Crippen molar-refractivity contribution in [1.29, 1.82) is 0 Å². The highest BCUT2D eigenvalue weighted by Crippen LogP contribution is 2.17. The Balaban J connectivity index is 1.96. The lowest BCUT2D eigenvalue weighted by Crippen LogP contribution is -2.15. The first-order valence-corrected chi connectivity index (χ1v) is 7.21. The molecule has 0 aliphatic carbocycles. The Hall–Kier alpha value is -1.88. The number of hydrogen-bond donors (Lipinski definition) is 2. The van der Waals surface area contributed by atoms with Crippen molar-refractivity contribution in [3.8, 4) is 0 Å². The zero-order valence-electron chi connectivity index (χ0n) is 11.2. The number of halogens is 1. The summed E-state index contributed by atoms with van der Waals surface area (Å²) in [5.74, 6) is 0.742. The van der Waals surface area contributed by atoms with E-state index in [1.54, 1.807) is 6.20 Å². The fraction of sp³-hybridized carbons (Fsp3) is 0.200. The van der Waals surface area contributed by atoms with Crippen LogP contribution in [-0.4, -0.2) is 17.4 Å². The van der Waals surface area contributed by atoms with Gasteiger partial charge in [-0.3, -0.25) is 4.79 Å². The standard InChI is InChI=1S/C15H16BrN3O/c1-2-17-14-8-7-12(10-18-14)19-15(20)9-11-5-3-4-6-13(11)16/h3-8,10H,2,9H2,1H3,(H,17,18)(H,19,20). The molecule has 1 heterocycles. The van der Waals surface area contributed by atoms with E-state index in [4.69, 9.17) is 0 Å². The van der Waals surface area contributed by atoms with Crippen LogP contribution >= 0.6 is 15.9 Å². The number of benzene rings is 1. The van der Waals surface area contributed by atoms with Crippen molar-refractivity contribution >= 4 is 33.3 Å². The van der Waals surface area contributed by atoms with Crippen LogP contribution in [0, 0.1) is 0 Å². The smallest absolute Gasteiger partial charge is 0.228 e. The topological polar surface area (TPSA) is 54.0 Å². The molecule has 0 saturated carbocycles. The van der Waals surface area contributed by atoms with Crippen LogP contribution in [-0.2, 0) is 11.2 Å². The van der Waals surface area contributed by atoms with Crippen LogP contribution < -0.4 is 10.6 Å². The SMILES string of the molecule is CCNc1ccc(NC(=O)Cc2ccccc2Br)cn1. The molecule has 0 fully saturated rings. The van der Waals surface area contributed by atoms with E-state index < -0.39 is 0 Å². The molecule has 1 amide bonds. The van der Waals surface area contributed by atoms with Crippen LogP contribution in [0.3, 0.4) is 0 Å². The van der Waals surface area contributed by atoms with Crippen LogP contribution in [0.4, 0.5) is 11.5 Å². The Morgan fingerprint density at radius 1 is 1.25 bits per heavy atom. The fourth-order valence-corrected chi connectivity index (χ4v) is 2.20. The molecule has 1 aromatic carbocycles. The molecule has 0 spiro atoms. The average Bonchev–Trinajstić information content (AvgIpc) is 2.44. The lowest BCUT2D eigenvalue weighted by atomic mass is 10.1. The van der Waals surface area contributed by atoms with Gasteiger partial charge >= 0.3 is 0 Å². The molecule has 5 heteroatoms. The fourth-order valence-electron chi connectivity index (χ4n) is 1.77. The molecule has 104 valence electrons. The average molecular weight is 334 g/mol. The molecule has 2 rings (SSSR count). The second-order valence-electron chi connectivity index (χ2n) is 4.28. The van der Waals surface area contributed by atoms with E-state index in [9.17, 15) is 4.79 Å². The number of pyridine rings is 1. The Morgan fingerprint density at radius 2 is 2.05 bits per heavy atom. The summed E-state index contributed by atoms with van der Waals surface area (Å²) in [6, 6.07) is 11.4. The van der Waals surface area contributed by atoms with Gasteiger partial charge in [-0.1, -0.05) is 34.1 Å². The van der Waals surface area contributed by atoms with Gasteiger partial charge in [-0.15, -0.1) is 0 Å². The Kier molecular flexibility index (Phi) is 5.12. The maximum Gasteiger partial charge on any atom is 0.228 e. The van der Waals surface area contributed by atoms with Gasteiger partial charge in [0.25, 0.3) is 0 Å². The summed E-state index contributed by atoms with van der Waals surface area (Å²) in [6.45, 7) is 2.83. The number of hydrogen-bond acceptors (Lipinski definition) is 3. The summed E-state index contributed by atoms with van der Waals surface area (Å²) < 4.78 is 0.941. The number of aromatic nitrogens is 1. The van der Waals surface area contributed by atoms with Gasteiger partial charge in [-0.2, -0.15) is 0 Å².